The molecule has 0 bridgehead atoms. The first kappa shape index (κ1) is 17.5. The average molecular weight is 385 g/mol. The van der Waals surface area contributed by atoms with Crippen molar-refractivity contribution in [3.8, 4) is 0 Å². The number of halogens is 1. The van der Waals surface area contributed by atoms with Crippen molar-refractivity contribution in [3.05, 3.63) is 63.5 Å². The maximum atomic E-state index is 12.9. The van der Waals surface area contributed by atoms with Gasteiger partial charge in [0.05, 0.1) is 35.0 Å². The lowest BCUT2D eigenvalue weighted by Gasteiger charge is -2.31. The number of morpholine rings is 1. The van der Waals surface area contributed by atoms with Crippen molar-refractivity contribution < 1.29 is 9.53 Å². The van der Waals surface area contributed by atoms with Crippen LogP contribution in [0.5, 0.6) is 0 Å². The van der Waals surface area contributed by atoms with E-state index in [9.17, 15) is 9.59 Å². The molecule has 0 atom stereocenters. The number of amides is 1. The highest BCUT2D eigenvalue weighted by molar-refractivity contribution is 6.34. The molecule has 1 amide bonds. The highest BCUT2D eigenvalue weighted by Gasteiger charge is 2.21. The number of carbonyl (C=O) groups excluding carboxylic acids is 1. The monoisotopic (exact) mass is 384 g/mol. The molecule has 8 heteroatoms. The predicted octanol–water partition coefficient (Wildman–Crippen LogP) is 2.67. The maximum Gasteiger partial charge on any atom is 0.276 e. The Morgan fingerprint density at radius 3 is 2.63 bits per heavy atom. The molecule has 0 unspecified atom stereocenters. The molecule has 2 heterocycles. The number of aromatic nitrogens is 2. The number of ether oxygens (including phenoxy) is 1. The Morgan fingerprint density at radius 2 is 1.85 bits per heavy atom. The van der Waals surface area contributed by atoms with Crippen molar-refractivity contribution in [3.63, 3.8) is 0 Å². The molecule has 27 heavy (non-hydrogen) atoms. The summed E-state index contributed by atoms with van der Waals surface area (Å²) in [6.07, 6.45) is 0. The molecule has 2 N–H and O–H groups in total. The smallest absolute Gasteiger partial charge is 0.276 e. The minimum atomic E-state index is -0.417. The van der Waals surface area contributed by atoms with E-state index in [1.165, 1.54) is 0 Å². The highest BCUT2D eigenvalue weighted by Crippen LogP contribution is 2.34. The Labute approximate surface area is 159 Å². The van der Waals surface area contributed by atoms with Gasteiger partial charge >= 0.3 is 0 Å². The Hall–Kier alpha value is -2.90. The van der Waals surface area contributed by atoms with Crippen LogP contribution in [0.15, 0.2) is 47.3 Å². The van der Waals surface area contributed by atoms with E-state index in [4.69, 9.17) is 16.3 Å². The van der Waals surface area contributed by atoms with E-state index >= 15 is 0 Å². The fourth-order valence-electron chi connectivity index (χ4n) is 3.19. The standard InChI is InChI=1S/C19H17ClN4O3/c20-14-6-3-7-15(17(14)24-8-10-27-11-9-24)21-19(26)16-12-4-1-2-5-13(12)18(25)23-22-16/h1-7H,8-11H2,(H,21,26)(H,23,25). The van der Waals surface area contributed by atoms with Gasteiger partial charge in [-0.05, 0) is 18.2 Å². The summed E-state index contributed by atoms with van der Waals surface area (Å²) >= 11 is 6.41. The first-order valence-electron chi connectivity index (χ1n) is 8.55. The number of fused-ring (bicyclic) bond motifs is 1. The molecule has 0 aliphatic carbocycles. The summed E-state index contributed by atoms with van der Waals surface area (Å²) in [5.41, 5.74) is 1.16. The molecule has 2 aromatic carbocycles. The second kappa shape index (κ2) is 7.38. The number of hydrogen-bond donors (Lipinski definition) is 2. The number of carbonyl (C=O) groups is 1. The zero-order chi connectivity index (χ0) is 18.8. The molecule has 0 saturated carbocycles. The molecular weight excluding hydrogens is 368 g/mol. The number of hydrogen-bond acceptors (Lipinski definition) is 5. The van der Waals surface area contributed by atoms with Crippen LogP contribution in [0.2, 0.25) is 5.02 Å². The van der Waals surface area contributed by atoms with Gasteiger partial charge in [0.15, 0.2) is 5.69 Å². The third-order valence-electron chi connectivity index (χ3n) is 4.47. The van der Waals surface area contributed by atoms with Gasteiger partial charge < -0.3 is 15.0 Å². The molecule has 1 saturated heterocycles. The van der Waals surface area contributed by atoms with Crippen LogP contribution in [0.1, 0.15) is 10.5 Å². The van der Waals surface area contributed by atoms with Gasteiger partial charge in [0.25, 0.3) is 11.5 Å². The van der Waals surface area contributed by atoms with Gasteiger partial charge in [0.2, 0.25) is 0 Å². The number of rotatable bonds is 3. The van der Waals surface area contributed by atoms with Gasteiger partial charge in [-0.15, -0.1) is 0 Å². The molecule has 138 valence electrons. The fraction of sp³-hybridized carbons (Fsp3) is 0.211. The molecule has 1 fully saturated rings. The largest absolute Gasteiger partial charge is 0.378 e. The number of para-hydroxylation sites is 1. The lowest BCUT2D eigenvalue weighted by Crippen LogP contribution is -2.37. The summed E-state index contributed by atoms with van der Waals surface area (Å²) in [4.78, 5) is 26.9. The van der Waals surface area contributed by atoms with Crippen LogP contribution in [0, 0.1) is 0 Å². The van der Waals surface area contributed by atoms with Gasteiger partial charge in [0.1, 0.15) is 0 Å². The number of benzene rings is 2. The Morgan fingerprint density at radius 1 is 1.11 bits per heavy atom. The van der Waals surface area contributed by atoms with Gasteiger partial charge in [-0.3, -0.25) is 9.59 Å². The van der Waals surface area contributed by atoms with Crippen LogP contribution in [-0.4, -0.2) is 42.4 Å². The van der Waals surface area contributed by atoms with Crippen LogP contribution >= 0.6 is 11.6 Å². The number of nitrogens with one attached hydrogen (secondary N) is 2. The third kappa shape index (κ3) is 3.39. The van der Waals surface area contributed by atoms with Crippen LogP contribution in [0.4, 0.5) is 11.4 Å². The molecule has 1 aliphatic rings. The molecule has 1 aromatic heterocycles. The number of aromatic amines is 1. The average Bonchev–Trinajstić information content (AvgIpc) is 2.69. The van der Waals surface area contributed by atoms with E-state index in [1.807, 2.05) is 0 Å². The number of anilines is 2. The summed E-state index contributed by atoms with van der Waals surface area (Å²) in [6, 6.07) is 12.2. The van der Waals surface area contributed by atoms with E-state index in [0.29, 0.717) is 47.8 Å². The summed E-state index contributed by atoms with van der Waals surface area (Å²) in [6.45, 7) is 2.58. The summed E-state index contributed by atoms with van der Waals surface area (Å²) in [5.74, 6) is -0.417. The molecule has 3 aromatic rings. The van der Waals surface area contributed by atoms with Crippen LogP contribution in [0.25, 0.3) is 10.8 Å². The Kier molecular flexibility index (Phi) is 4.79. The fourth-order valence-corrected chi connectivity index (χ4v) is 3.49. The quantitative estimate of drug-likeness (QED) is 0.725. The summed E-state index contributed by atoms with van der Waals surface area (Å²) in [5, 5.41) is 10.7. The van der Waals surface area contributed by atoms with E-state index < -0.39 is 5.91 Å². The molecule has 1 aliphatic heterocycles. The highest BCUT2D eigenvalue weighted by atomic mass is 35.5. The van der Waals surface area contributed by atoms with Gasteiger partial charge in [-0.2, -0.15) is 5.10 Å². The van der Waals surface area contributed by atoms with E-state index in [1.54, 1.807) is 42.5 Å². The minimum Gasteiger partial charge on any atom is -0.378 e. The van der Waals surface area contributed by atoms with Crippen LogP contribution in [0.3, 0.4) is 0 Å². The van der Waals surface area contributed by atoms with Crippen molar-refractivity contribution in [2.45, 2.75) is 0 Å². The van der Waals surface area contributed by atoms with Crippen molar-refractivity contribution in [2.75, 3.05) is 36.5 Å². The molecular formula is C19H17ClN4O3. The van der Waals surface area contributed by atoms with E-state index in [0.717, 1.165) is 5.69 Å². The zero-order valence-electron chi connectivity index (χ0n) is 14.4. The van der Waals surface area contributed by atoms with Gasteiger partial charge in [-0.25, -0.2) is 5.10 Å². The van der Waals surface area contributed by atoms with Crippen molar-refractivity contribution in [1.82, 2.24) is 10.2 Å². The lowest BCUT2D eigenvalue weighted by molar-refractivity contribution is 0.102. The van der Waals surface area contributed by atoms with E-state index in [-0.39, 0.29) is 11.3 Å². The van der Waals surface area contributed by atoms with Gasteiger partial charge in [0, 0.05) is 18.5 Å². The lowest BCUT2D eigenvalue weighted by atomic mass is 10.1. The first-order valence-corrected chi connectivity index (χ1v) is 8.93. The molecule has 0 radical (unpaired) electrons. The topological polar surface area (TPSA) is 87.3 Å². The number of H-pyrrole nitrogens is 1. The van der Waals surface area contributed by atoms with Crippen LogP contribution in [-0.2, 0) is 4.74 Å². The normalized spacial score (nSPS) is 14.3. The SMILES string of the molecule is O=C(Nc1cccc(Cl)c1N1CCOCC1)c1n[nH]c(=O)c2ccccc12. The maximum absolute atomic E-state index is 12.9. The molecule has 7 nitrogen and oxygen atoms in total. The first-order chi connectivity index (χ1) is 13.1. The second-order valence-electron chi connectivity index (χ2n) is 6.14. The van der Waals surface area contributed by atoms with Crippen molar-refractivity contribution in [1.29, 1.82) is 0 Å². The summed E-state index contributed by atoms with van der Waals surface area (Å²) in [7, 11) is 0. The zero-order valence-corrected chi connectivity index (χ0v) is 15.1. The number of nitrogens with zero attached hydrogens (tertiary/aromatic N) is 2. The van der Waals surface area contributed by atoms with Gasteiger partial charge in [-0.1, -0.05) is 35.9 Å². The Balaban J connectivity index is 1.71. The van der Waals surface area contributed by atoms with Crippen molar-refractivity contribution in [2.24, 2.45) is 0 Å². The molecule has 0 spiro atoms. The van der Waals surface area contributed by atoms with Crippen molar-refractivity contribution >= 4 is 39.7 Å². The third-order valence-corrected chi connectivity index (χ3v) is 4.78. The second-order valence-corrected chi connectivity index (χ2v) is 6.54. The van der Waals surface area contributed by atoms with Crippen LogP contribution < -0.4 is 15.8 Å². The minimum absolute atomic E-state index is 0.151. The van der Waals surface area contributed by atoms with E-state index in [2.05, 4.69) is 20.4 Å². The predicted molar refractivity (Wildman–Crippen MR) is 105 cm³/mol. The molecule has 4 rings (SSSR count). The Bertz CT molecular complexity index is 1060. The summed E-state index contributed by atoms with van der Waals surface area (Å²) < 4.78 is 5.39.